The first-order valence-electron chi connectivity index (χ1n) is 9.79. The first-order chi connectivity index (χ1) is 14.7. The zero-order valence-corrected chi connectivity index (χ0v) is 17.8. The Hall–Kier alpha value is -3.86. The smallest absolute Gasteiger partial charge is 0.276 e. The zero-order valence-electron chi connectivity index (χ0n) is 17.8. The third-order valence-electron chi connectivity index (χ3n) is 4.36. The van der Waals surface area contributed by atoms with Crippen LogP contribution in [0.15, 0.2) is 48.5 Å². The van der Waals surface area contributed by atoms with Crippen LogP contribution in [0.1, 0.15) is 48.7 Å². The molecule has 3 N–H and O–H groups in total. The fourth-order valence-electron chi connectivity index (χ4n) is 2.58. The number of hydrogen-bond donors (Lipinski definition) is 3. The van der Waals surface area contributed by atoms with Crippen LogP contribution in [-0.2, 0) is 15.0 Å². The van der Waals surface area contributed by atoms with E-state index in [-0.39, 0.29) is 36.6 Å². The van der Waals surface area contributed by atoms with Gasteiger partial charge in [0, 0.05) is 18.5 Å². The molecule has 2 aromatic carbocycles. The van der Waals surface area contributed by atoms with E-state index in [4.69, 9.17) is 10.00 Å². The van der Waals surface area contributed by atoms with Gasteiger partial charge in [-0.25, -0.2) is 0 Å². The van der Waals surface area contributed by atoms with Crippen LogP contribution in [0.3, 0.4) is 0 Å². The molecular weight excluding hydrogens is 396 g/mol. The van der Waals surface area contributed by atoms with Crippen molar-refractivity contribution in [3.8, 4) is 11.8 Å². The minimum absolute atomic E-state index is 0.00166. The predicted molar refractivity (Wildman–Crippen MR) is 115 cm³/mol. The Kier molecular flexibility index (Phi) is 8.15. The Bertz CT molecular complexity index is 972. The summed E-state index contributed by atoms with van der Waals surface area (Å²) in [4.78, 5) is 35.8. The zero-order chi connectivity index (χ0) is 22.9. The van der Waals surface area contributed by atoms with E-state index in [9.17, 15) is 14.4 Å². The van der Waals surface area contributed by atoms with Crippen molar-refractivity contribution in [1.29, 1.82) is 5.26 Å². The summed E-state index contributed by atoms with van der Waals surface area (Å²) in [5, 5.41) is 11.6. The van der Waals surface area contributed by atoms with Crippen molar-refractivity contribution in [2.24, 2.45) is 0 Å². The molecule has 2 aromatic rings. The number of carbonyl (C=O) groups excluding carboxylic acids is 3. The molecule has 0 unspecified atom stereocenters. The first kappa shape index (κ1) is 23.4. The van der Waals surface area contributed by atoms with Gasteiger partial charge in [0.15, 0.2) is 6.61 Å². The Morgan fingerprint density at radius 3 is 2.26 bits per heavy atom. The molecule has 8 heteroatoms. The number of hydrazine groups is 1. The fourth-order valence-corrected chi connectivity index (χ4v) is 2.58. The van der Waals surface area contributed by atoms with Crippen molar-refractivity contribution in [3.63, 3.8) is 0 Å². The van der Waals surface area contributed by atoms with E-state index in [1.54, 1.807) is 36.4 Å². The monoisotopic (exact) mass is 422 g/mol. The second-order valence-electron chi connectivity index (χ2n) is 7.83. The molecule has 0 atom stereocenters. The van der Waals surface area contributed by atoms with Gasteiger partial charge in [-0.2, -0.15) is 5.26 Å². The van der Waals surface area contributed by atoms with Gasteiger partial charge in [0.25, 0.3) is 11.8 Å². The number of hydrogen-bond acceptors (Lipinski definition) is 5. The highest BCUT2D eigenvalue weighted by atomic mass is 16.5. The molecule has 0 aliphatic carbocycles. The second kappa shape index (κ2) is 10.8. The summed E-state index contributed by atoms with van der Waals surface area (Å²) < 4.78 is 5.27. The van der Waals surface area contributed by atoms with Crippen molar-refractivity contribution in [1.82, 2.24) is 16.2 Å². The molecule has 0 spiro atoms. The lowest BCUT2D eigenvalue weighted by molar-refractivity contribution is -0.129. The molecule has 0 aliphatic rings. The van der Waals surface area contributed by atoms with E-state index in [0.717, 1.165) is 5.56 Å². The van der Waals surface area contributed by atoms with Crippen molar-refractivity contribution < 1.29 is 19.1 Å². The lowest BCUT2D eigenvalue weighted by Crippen LogP contribution is -2.44. The summed E-state index contributed by atoms with van der Waals surface area (Å²) >= 11 is 0. The highest BCUT2D eigenvalue weighted by Gasteiger charge is 2.14. The van der Waals surface area contributed by atoms with Crippen LogP contribution in [0.5, 0.6) is 5.75 Å². The topological polar surface area (TPSA) is 120 Å². The number of amides is 3. The average molecular weight is 422 g/mol. The van der Waals surface area contributed by atoms with Gasteiger partial charge in [0.1, 0.15) is 11.8 Å². The summed E-state index contributed by atoms with van der Waals surface area (Å²) in [6, 6.07) is 15.8. The highest BCUT2D eigenvalue weighted by molar-refractivity contribution is 5.94. The van der Waals surface area contributed by atoms with Gasteiger partial charge in [-0.1, -0.05) is 45.0 Å². The maximum atomic E-state index is 12.2. The minimum atomic E-state index is -0.580. The first-order valence-corrected chi connectivity index (χ1v) is 9.79. The Balaban J connectivity index is 1.68. The van der Waals surface area contributed by atoms with Gasteiger partial charge in [-0.3, -0.25) is 25.2 Å². The van der Waals surface area contributed by atoms with E-state index >= 15 is 0 Å². The van der Waals surface area contributed by atoms with Crippen LogP contribution in [0.2, 0.25) is 0 Å². The predicted octanol–water partition coefficient (Wildman–Crippen LogP) is 2.20. The number of benzene rings is 2. The molecule has 0 aromatic heterocycles. The van der Waals surface area contributed by atoms with E-state index in [1.807, 2.05) is 18.2 Å². The summed E-state index contributed by atoms with van der Waals surface area (Å²) in [5.74, 6) is -1.04. The molecule has 0 aliphatic heterocycles. The molecule has 0 heterocycles. The van der Waals surface area contributed by atoms with Crippen LogP contribution in [0.25, 0.3) is 0 Å². The Labute approximate surface area is 181 Å². The van der Waals surface area contributed by atoms with Gasteiger partial charge in [-0.15, -0.1) is 0 Å². The lowest BCUT2D eigenvalue weighted by atomic mass is 9.87. The van der Waals surface area contributed by atoms with Gasteiger partial charge < -0.3 is 10.1 Å². The normalized spacial score (nSPS) is 10.5. The molecule has 2 rings (SSSR count). The molecular formula is C23H26N4O4. The summed E-state index contributed by atoms with van der Waals surface area (Å²) in [6.07, 6.45) is -0.00970. The Morgan fingerprint density at radius 1 is 0.968 bits per heavy atom. The van der Waals surface area contributed by atoms with Crippen molar-refractivity contribution in [2.45, 2.75) is 32.6 Å². The maximum Gasteiger partial charge on any atom is 0.276 e. The molecule has 0 bridgehead atoms. The van der Waals surface area contributed by atoms with Crippen LogP contribution in [0.4, 0.5) is 0 Å². The molecule has 0 saturated heterocycles. The van der Waals surface area contributed by atoms with E-state index in [2.05, 4.69) is 36.9 Å². The number of para-hydroxylation sites is 1. The SMILES string of the molecule is CC(C)(C)c1ccc(C(=O)NCCC(=O)NNC(=O)COc2ccccc2C#N)cc1. The van der Waals surface area contributed by atoms with Gasteiger partial charge >= 0.3 is 0 Å². The Morgan fingerprint density at radius 2 is 1.61 bits per heavy atom. The second-order valence-corrected chi connectivity index (χ2v) is 7.83. The molecule has 3 amide bonds. The molecule has 0 radical (unpaired) electrons. The average Bonchev–Trinajstić information content (AvgIpc) is 2.75. The molecule has 0 saturated carbocycles. The number of carbonyl (C=O) groups is 3. The standard InChI is InChI=1S/C23H26N4O4/c1-23(2,3)18-10-8-16(9-11-18)22(30)25-13-12-20(28)26-27-21(29)15-31-19-7-5-4-6-17(19)14-24/h4-11H,12-13,15H2,1-3H3,(H,25,30)(H,26,28)(H,27,29). The fraction of sp³-hybridized carbons (Fsp3) is 0.304. The van der Waals surface area contributed by atoms with Crippen molar-refractivity contribution in [3.05, 3.63) is 65.2 Å². The van der Waals surface area contributed by atoms with Crippen LogP contribution >= 0.6 is 0 Å². The van der Waals surface area contributed by atoms with Crippen molar-refractivity contribution in [2.75, 3.05) is 13.2 Å². The third kappa shape index (κ3) is 7.48. The molecule has 31 heavy (non-hydrogen) atoms. The van der Waals surface area contributed by atoms with E-state index in [1.165, 1.54) is 0 Å². The van der Waals surface area contributed by atoms with E-state index in [0.29, 0.717) is 11.1 Å². The van der Waals surface area contributed by atoms with Crippen LogP contribution in [-0.4, -0.2) is 30.9 Å². The van der Waals surface area contributed by atoms with Crippen LogP contribution in [0, 0.1) is 11.3 Å². The quantitative estimate of drug-likeness (QED) is 0.591. The largest absolute Gasteiger partial charge is 0.482 e. The highest BCUT2D eigenvalue weighted by Crippen LogP contribution is 2.22. The number of ether oxygens (including phenoxy) is 1. The number of nitrogens with zero attached hydrogens (tertiary/aromatic N) is 1. The number of nitrogens with one attached hydrogen (secondary N) is 3. The van der Waals surface area contributed by atoms with Gasteiger partial charge in [0.2, 0.25) is 5.91 Å². The maximum absolute atomic E-state index is 12.2. The molecule has 162 valence electrons. The lowest BCUT2D eigenvalue weighted by Gasteiger charge is -2.19. The van der Waals surface area contributed by atoms with Crippen LogP contribution < -0.4 is 20.9 Å². The molecule has 0 fully saturated rings. The number of nitriles is 1. The number of rotatable bonds is 7. The summed E-state index contributed by atoms with van der Waals surface area (Å²) in [7, 11) is 0. The summed E-state index contributed by atoms with van der Waals surface area (Å²) in [6.45, 7) is 6.04. The van der Waals surface area contributed by atoms with Crippen molar-refractivity contribution >= 4 is 17.7 Å². The van der Waals surface area contributed by atoms with Gasteiger partial charge in [0.05, 0.1) is 5.56 Å². The van der Waals surface area contributed by atoms with E-state index < -0.39 is 11.8 Å². The third-order valence-corrected chi connectivity index (χ3v) is 4.36. The minimum Gasteiger partial charge on any atom is -0.482 e. The van der Waals surface area contributed by atoms with Gasteiger partial charge in [-0.05, 0) is 35.2 Å². The summed E-state index contributed by atoms with van der Waals surface area (Å²) in [5.41, 5.74) is 6.42. The molecule has 8 nitrogen and oxygen atoms in total.